The molecule has 0 aromatic rings. The number of alkyl halides is 3. The summed E-state index contributed by atoms with van der Waals surface area (Å²) < 4.78 is 44.3. The Morgan fingerprint density at radius 3 is 2.08 bits per heavy atom. The third-order valence-electron chi connectivity index (χ3n) is 6.95. The first-order valence-corrected chi connectivity index (χ1v) is 16.5. The summed E-state index contributed by atoms with van der Waals surface area (Å²) in [6, 6.07) is -3.91. The SMILES string of the molecule is C=C/C=C(\C=C/C)C(NC(=O)CNC(=O)C(=O)C(CCC(F)(F)F)NC(=O)CCCCN(C)C(=O)C(NC(=O)OC(C)(C)C)C(C)C)C(=O)NC. The molecule has 14 nitrogen and oxygen atoms in total. The van der Waals surface area contributed by atoms with E-state index in [0.717, 1.165) is 0 Å². The Bertz CT molecular complexity index is 1310. The Labute approximate surface area is 297 Å². The zero-order valence-corrected chi connectivity index (χ0v) is 30.6. The minimum atomic E-state index is -4.69. The molecule has 0 heterocycles. The van der Waals surface area contributed by atoms with Crippen LogP contribution in [0.3, 0.4) is 0 Å². The molecule has 288 valence electrons. The molecule has 51 heavy (non-hydrogen) atoms. The Hall–Kier alpha value is -4.70. The number of amides is 6. The highest BCUT2D eigenvalue weighted by Gasteiger charge is 2.34. The molecule has 0 fully saturated rings. The highest BCUT2D eigenvalue weighted by atomic mass is 19.4. The largest absolute Gasteiger partial charge is 0.444 e. The molecule has 3 atom stereocenters. The van der Waals surface area contributed by atoms with Gasteiger partial charge in [0.05, 0.1) is 12.6 Å². The number of allylic oxidation sites excluding steroid dienone is 3. The molecule has 17 heteroatoms. The number of ketones is 1. The second-order valence-corrected chi connectivity index (χ2v) is 12.9. The topological polar surface area (TPSA) is 192 Å². The van der Waals surface area contributed by atoms with E-state index in [-0.39, 0.29) is 25.3 Å². The summed E-state index contributed by atoms with van der Waals surface area (Å²) in [6.45, 7) is 13.2. The lowest BCUT2D eigenvalue weighted by molar-refractivity contribution is -0.146. The average molecular weight is 731 g/mol. The molecule has 0 aromatic heterocycles. The number of ether oxygens (including phenoxy) is 1. The molecule has 0 aliphatic carbocycles. The van der Waals surface area contributed by atoms with E-state index in [9.17, 15) is 46.7 Å². The summed E-state index contributed by atoms with van der Waals surface area (Å²) in [7, 11) is 2.85. The van der Waals surface area contributed by atoms with Crippen molar-refractivity contribution < 1.29 is 51.5 Å². The van der Waals surface area contributed by atoms with Gasteiger partial charge in [-0.1, -0.05) is 44.7 Å². The van der Waals surface area contributed by atoms with Crippen LogP contribution in [0, 0.1) is 5.92 Å². The molecular weight excluding hydrogens is 677 g/mol. The molecule has 0 aliphatic heterocycles. The van der Waals surface area contributed by atoms with Gasteiger partial charge in [-0.15, -0.1) is 0 Å². The van der Waals surface area contributed by atoms with Crippen molar-refractivity contribution in [2.75, 3.05) is 27.2 Å². The van der Waals surface area contributed by atoms with Crippen LogP contribution in [0.2, 0.25) is 0 Å². The number of unbranched alkanes of at least 4 members (excludes halogenated alkanes) is 1. The molecular formula is C34H53F3N6O8. The van der Waals surface area contributed by atoms with Crippen LogP contribution in [-0.4, -0.2) is 103 Å². The molecule has 5 N–H and O–H groups in total. The van der Waals surface area contributed by atoms with Gasteiger partial charge in [0.2, 0.25) is 29.4 Å². The average Bonchev–Trinajstić information content (AvgIpc) is 3.02. The maximum atomic E-state index is 13.0. The smallest absolute Gasteiger partial charge is 0.408 e. The quantitative estimate of drug-likeness (QED) is 0.0717. The standard InChI is InChI=1S/C34H53F3N6O8/c1-10-14-22(15-11-2)27(29(47)38-8)41-25(45)20-39-30(48)28(46)23(17-18-34(35,36)37)40-24(44)16-12-13-19-43(9)31(49)26(21(3)4)42-32(50)51-33(5,6)7/h10-11,14-15,21,23,26-27H,1,12-13,16-20H2,2-9H3,(H,38,47)(H,39,48)(H,40,44)(H,41,45)(H,42,50)/b15-11-,22-14+. The molecule has 0 aromatic carbocycles. The minimum absolute atomic E-state index is 0.170. The predicted octanol–water partition coefficient (Wildman–Crippen LogP) is 2.60. The van der Waals surface area contributed by atoms with Crippen LogP contribution in [0.25, 0.3) is 0 Å². The Kier molecular flexibility index (Phi) is 20.1. The number of alkyl carbamates (subject to hydrolysis) is 1. The first kappa shape index (κ1) is 46.3. The number of carbonyl (C=O) groups excluding carboxylic acids is 7. The number of carbonyl (C=O) groups is 7. The second-order valence-electron chi connectivity index (χ2n) is 12.9. The lowest BCUT2D eigenvalue weighted by atomic mass is 10.0. The summed E-state index contributed by atoms with van der Waals surface area (Å²) in [6.07, 6.45) is -1.60. The van der Waals surface area contributed by atoms with E-state index in [2.05, 4.69) is 27.8 Å². The molecule has 0 rings (SSSR count). The third kappa shape index (κ3) is 19.3. The Morgan fingerprint density at radius 1 is 0.941 bits per heavy atom. The minimum Gasteiger partial charge on any atom is -0.444 e. The van der Waals surface area contributed by atoms with E-state index >= 15 is 0 Å². The number of hydrogen-bond donors (Lipinski definition) is 5. The Morgan fingerprint density at radius 2 is 1.57 bits per heavy atom. The second kappa shape index (κ2) is 22.2. The van der Waals surface area contributed by atoms with Crippen LogP contribution in [0.1, 0.15) is 73.6 Å². The van der Waals surface area contributed by atoms with Crippen LogP contribution in [-0.2, 0) is 33.5 Å². The maximum Gasteiger partial charge on any atom is 0.408 e. The fourth-order valence-corrected chi connectivity index (χ4v) is 4.41. The first-order valence-electron chi connectivity index (χ1n) is 16.5. The fraction of sp³-hybridized carbons (Fsp3) is 0.618. The molecule has 3 unspecified atom stereocenters. The van der Waals surface area contributed by atoms with Crippen molar-refractivity contribution in [3.8, 4) is 0 Å². The van der Waals surface area contributed by atoms with Crippen molar-refractivity contribution >= 4 is 41.4 Å². The van der Waals surface area contributed by atoms with Gasteiger partial charge >= 0.3 is 12.3 Å². The zero-order valence-electron chi connectivity index (χ0n) is 30.6. The van der Waals surface area contributed by atoms with E-state index < -0.39 is 90.7 Å². The van der Waals surface area contributed by atoms with Crippen LogP contribution in [0.15, 0.2) is 36.5 Å². The van der Waals surface area contributed by atoms with Crippen molar-refractivity contribution in [2.45, 2.75) is 104 Å². The van der Waals surface area contributed by atoms with Gasteiger partial charge in [0, 0.05) is 33.5 Å². The van der Waals surface area contributed by atoms with Crippen molar-refractivity contribution in [1.82, 2.24) is 31.5 Å². The normalized spacial score (nSPS) is 13.8. The maximum absolute atomic E-state index is 13.0. The van der Waals surface area contributed by atoms with Crippen LogP contribution in [0.5, 0.6) is 0 Å². The Balaban J connectivity index is 5.33. The van der Waals surface area contributed by atoms with Crippen molar-refractivity contribution in [3.05, 3.63) is 36.5 Å². The van der Waals surface area contributed by atoms with Gasteiger partial charge in [0.1, 0.15) is 17.7 Å². The molecule has 0 saturated carbocycles. The number of halogens is 3. The van der Waals surface area contributed by atoms with E-state index in [1.807, 2.05) is 5.32 Å². The number of Topliss-reactive ketones (excluding diaryl/α,β-unsaturated/α-hetero) is 1. The molecule has 0 aliphatic rings. The first-order chi connectivity index (χ1) is 23.6. The lowest BCUT2D eigenvalue weighted by Gasteiger charge is -2.28. The lowest BCUT2D eigenvalue weighted by Crippen LogP contribution is -2.52. The van der Waals surface area contributed by atoms with E-state index in [4.69, 9.17) is 4.74 Å². The van der Waals surface area contributed by atoms with Crippen molar-refractivity contribution in [2.24, 2.45) is 5.92 Å². The molecule has 6 amide bonds. The summed E-state index contributed by atoms with van der Waals surface area (Å²) in [5.74, 6) is -5.76. The number of rotatable bonds is 20. The monoisotopic (exact) mass is 730 g/mol. The summed E-state index contributed by atoms with van der Waals surface area (Å²) >= 11 is 0. The van der Waals surface area contributed by atoms with Gasteiger partial charge in [0.15, 0.2) is 0 Å². The van der Waals surface area contributed by atoms with Gasteiger partial charge in [0.25, 0.3) is 5.91 Å². The molecule has 0 radical (unpaired) electrons. The van der Waals surface area contributed by atoms with E-state index in [1.54, 1.807) is 53.7 Å². The summed E-state index contributed by atoms with van der Waals surface area (Å²) in [5, 5.41) is 11.5. The third-order valence-corrected chi connectivity index (χ3v) is 6.95. The van der Waals surface area contributed by atoms with Gasteiger partial charge < -0.3 is 36.2 Å². The van der Waals surface area contributed by atoms with E-state index in [0.29, 0.717) is 12.0 Å². The molecule has 0 spiro atoms. The van der Waals surface area contributed by atoms with Crippen LogP contribution < -0.4 is 26.6 Å². The van der Waals surface area contributed by atoms with Gasteiger partial charge in [-0.2, -0.15) is 13.2 Å². The summed E-state index contributed by atoms with van der Waals surface area (Å²) in [4.78, 5) is 89.5. The molecule has 0 bridgehead atoms. The van der Waals surface area contributed by atoms with Gasteiger partial charge in [-0.3, -0.25) is 28.8 Å². The van der Waals surface area contributed by atoms with Crippen LogP contribution in [0.4, 0.5) is 18.0 Å². The van der Waals surface area contributed by atoms with Gasteiger partial charge in [-0.05, 0) is 58.4 Å². The summed E-state index contributed by atoms with van der Waals surface area (Å²) in [5.41, 5.74) is -0.415. The number of nitrogens with zero attached hydrogens (tertiary/aromatic N) is 1. The highest BCUT2D eigenvalue weighted by Crippen LogP contribution is 2.22. The molecule has 0 saturated heterocycles. The van der Waals surface area contributed by atoms with Gasteiger partial charge in [-0.25, -0.2) is 4.79 Å². The predicted molar refractivity (Wildman–Crippen MR) is 184 cm³/mol. The fourth-order valence-electron chi connectivity index (χ4n) is 4.41. The van der Waals surface area contributed by atoms with Crippen molar-refractivity contribution in [3.63, 3.8) is 0 Å². The number of likely N-dealkylation sites (N-methyl/N-ethyl adjacent to an activating group) is 2. The van der Waals surface area contributed by atoms with Crippen LogP contribution >= 0.6 is 0 Å². The number of hydrogen-bond acceptors (Lipinski definition) is 8. The van der Waals surface area contributed by atoms with E-state index in [1.165, 1.54) is 31.1 Å². The zero-order chi connectivity index (χ0) is 39.5. The number of nitrogens with one attached hydrogen (secondary N) is 5. The van der Waals surface area contributed by atoms with Crippen molar-refractivity contribution in [1.29, 1.82) is 0 Å². The highest BCUT2D eigenvalue weighted by molar-refractivity contribution is 6.38.